The molecule has 0 fully saturated rings. The Balaban J connectivity index is 2.72. The zero-order valence-corrected chi connectivity index (χ0v) is 9.94. The van der Waals surface area contributed by atoms with Gasteiger partial charge in [0.15, 0.2) is 0 Å². The summed E-state index contributed by atoms with van der Waals surface area (Å²) in [5.74, 6) is -0.0103. The highest BCUT2D eigenvalue weighted by molar-refractivity contribution is 5.97. The fraction of sp³-hybridized carbons (Fsp3) is 0.417. The minimum atomic E-state index is -0.769. The second-order valence-electron chi connectivity index (χ2n) is 3.81. The van der Waals surface area contributed by atoms with E-state index in [2.05, 4.69) is 0 Å². The molecule has 1 aliphatic heterocycles. The van der Waals surface area contributed by atoms with Gasteiger partial charge in [0.1, 0.15) is 11.3 Å². The van der Waals surface area contributed by atoms with E-state index in [9.17, 15) is 9.90 Å². The van der Waals surface area contributed by atoms with Gasteiger partial charge in [-0.25, -0.2) is 4.79 Å². The summed E-state index contributed by atoms with van der Waals surface area (Å²) in [7, 11) is 2.94. The normalized spacial score (nSPS) is 17.9. The molecule has 17 heavy (non-hydrogen) atoms. The Morgan fingerprint density at radius 2 is 2.18 bits per heavy atom. The van der Waals surface area contributed by atoms with Gasteiger partial charge in [-0.2, -0.15) is 0 Å². The number of carbonyl (C=O) groups excluding carboxylic acids is 1. The molecule has 1 aromatic rings. The van der Waals surface area contributed by atoms with Crippen molar-refractivity contribution in [2.24, 2.45) is 0 Å². The minimum Gasteiger partial charge on any atom is -0.496 e. The van der Waals surface area contributed by atoms with Crippen molar-refractivity contribution in [1.29, 1.82) is 0 Å². The van der Waals surface area contributed by atoms with E-state index >= 15 is 0 Å². The Kier molecular flexibility index (Phi) is 3.04. The van der Waals surface area contributed by atoms with Crippen LogP contribution in [0.5, 0.6) is 5.75 Å². The quantitative estimate of drug-likeness (QED) is 0.804. The number of aliphatic hydroxyl groups excluding tert-OH is 1. The van der Waals surface area contributed by atoms with Gasteiger partial charge in [-0.15, -0.1) is 0 Å². The molecule has 5 nitrogen and oxygen atoms in total. The molecule has 1 N–H and O–H groups in total. The molecule has 2 rings (SSSR count). The van der Waals surface area contributed by atoms with E-state index in [1.54, 1.807) is 6.07 Å². The van der Waals surface area contributed by atoms with Crippen molar-refractivity contribution < 1.29 is 24.1 Å². The Hall–Kier alpha value is -1.59. The largest absolute Gasteiger partial charge is 0.496 e. The number of cyclic esters (lactones) is 1. The van der Waals surface area contributed by atoms with E-state index in [0.29, 0.717) is 22.4 Å². The van der Waals surface area contributed by atoms with Gasteiger partial charge >= 0.3 is 5.97 Å². The van der Waals surface area contributed by atoms with Gasteiger partial charge in [0.05, 0.1) is 13.7 Å². The van der Waals surface area contributed by atoms with Gasteiger partial charge in [-0.05, 0) is 24.1 Å². The molecule has 0 spiro atoms. The highest BCUT2D eigenvalue weighted by Crippen LogP contribution is 2.41. The molecule has 0 saturated carbocycles. The van der Waals surface area contributed by atoms with Crippen LogP contribution >= 0.6 is 0 Å². The van der Waals surface area contributed by atoms with Crippen molar-refractivity contribution in [2.75, 3.05) is 14.2 Å². The lowest BCUT2D eigenvalue weighted by Gasteiger charge is -2.14. The number of benzene rings is 1. The summed E-state index contributed by atoms with van der Waals surface area (Å²) in [6.45, 7) is 1.63. The van der Waals surface area contributed by atoms with Gasteiger partial charge in [-0.1, -0.05) is 0 Å². The van der Waals surface area contributed by atoms with Crippen LogP contribution in [0.2, 0.25) is 0 Å². The maximum absolute atomic E-state index is 11.8. The summed E-state index contributed by atoms with van der Waals surface area (Å²) in [5, 5.41) is 9.33. The number of fused-ring (bicyclic) bond motifs is 1. The van der Waals surface area contributed by atoms with E-state index < -0.39 is 12.3 Å². The van der Waals surface area contributed by atoms with Crippen LogP contribution in [0.3, 0.4) is 0 Å². The molecule has 0 saturated heterocycles. The van der Waals surface area contributed by atoms with Crippen LogP contribution in [0.15, 0.2) is 6.07 Å². The molecule has 0 aromatic heterocycles. The molecule has 1 aromatic carbocycles. The maximum atomic E-state index is 11.8. The Labute approximate surface area is 98.9 Å². The van der Waals surface area contributed by atoms with Crippen LogP contribution in [0.25, 0.3) is 0 Å². The predicted octanol–water partition coefficient (Wildman–Crippen LogP) is 1.31. The summed E-state index contributed by atoms with van der Waals surface area (Å²) in [5.41, 5.74) is 2.31. The second kappa shape index (κ2) is 4.35. The van der Waals surface area contributed by atoms with Gasteiger partial charge in [0, 0.05) is 12.7 Å². The summed E-state index contributed by atoms with van der Waals surface area (Å²) >= 11 is 0. The molecule has 1 aliphatic rings. The summed E-state index contributed by atoms with van der Waals surface area (Å²) < 4.78 is 15.4. The fourth-order valence-corrected chi connectivity index (χ4v) is 2.13. The Morgan fingerprint density at radius 3 is 2.71 bits per heavy atom. The number of aliphatic hydroxyl groups is 1. The Bertz CT molecular complexity index is 466. The molecule has 0 amide bonds. The first-order valence-electron chi connectivity index (χ1n) is 5.19. The fourth-order valence-electron chi connectivity index (χ4n) is 2.13. The molecule has 0 aliphatic carbocycles. The summed E-state index contributed by atoms with van der Waals surface area (Å²) in [6, 6.07) is 1.77. The third-order valence-electron chi connectivity index (χ3n) is 2.83. The standard InChI is InChI=1S/C12H14O5/c1-6-4-7(5-13)8-9(10(6)15-2)11(14)17-12(8)16-3/h4,12-13H,5H2,1-3H3/t12-/m0/s1. The average molecular weight is 238 g/mol. The smallest absolute Gasteiger partial charge is 0.345 e. The highest BCUT2D eigenvalue weighted by atomic mass is 16.7. The van der Waals surface area contributed by atoms with Crippen LogP contribution in [0.1, 0.15) is 33.3 Å². The SMILES string of the molecule is COc1c(C)cc(CO)c2c1C(=O)O[C@@H]2OC. The van der Waals surface area contributed by atoms with Crippen LogP contribution in [-0.4, -0.2) is 25.3 Å². The maximum Gasteiger partial charge on any atom is 0.345 e. The van der Waals surface area contributed by atoms with Gasteiger partial charge in [0.2, 0.25) is 6.29 Å². The predicted molar refractivity (Wildman–Crippen MR) is 58.8 cm³/mol. The number of esters is 1. The molecule has 1 atom stereocenters. The number of rotatable bonds is 3. The number of ether oxygens (including phenoxy) is 3. The second-order valence-corrected chi connectivity index (χ2v) is 3.81. The summed E-state index contributed by atoms with van der Waals surface area (Å²) in [4.78, 5) is 11.8. The molecule has 0 radical (unpaired) electrons. The van der Waals surface area contributed by atoms with Crippen molar-refractivity contribution in [1.82, 2.24) is 0 Å². The number of hydrogen-bond donors (Lipinski definition) is 1. The first kappa shape index (κ1) is 11.9. The van der Waals surface area contributed by atoms with Crippen LogP contribution in [-0.2, 0) is 16.1 Å². The first-order valence-corrected chi connectivity index (χ1v) is 5.19. The van der Waals surface area contributed by atoms with E-state index in [1.165, 1.54) is 14.2 Å². The topological polar surface area (TPSA) is 65.0 Å². The molecule has 5 heteroatoms. The minimum absolute atomic E-state index is 0.177. The monoisotopic (exact) mass is 238 g/mol. The third-order valence-corrected chi connectivity index (χ3v) is 2.83. The van der Waals surface area contributed by atoms with E-state index in [1.807, 2.05) is 6.92 Å². The third kappa shape index (κ3) is 1.67. The lowest BCUT2D eigenvalue weighted by molar-refractivity contribution is -0.0822. The highest BCUT2D eigenvalue weighted by Gasteiger charge is 2.37. The van der Waals surface area contributed by atoms with Gasteiger partial charge in [0.25, 0.3) is 0 Å². The number of methoxy groups -OCH3 is 2. The van der Waals surface area contributed by atoms with Crippen LogP contribution < -0.4 is 4.74 Å². The molecule has 0 bridgehead atoms. The number of hydrogen-bond acceptors (Lipinski definition) is 5. The van der Waals surface area contributed by atoms with Crippen molar-refractivity contribution in [3.05, 3.63) is 28.3 Å². The number of carbonyl (C=O) groups is 1. The lowest BCUT2D eigenvalue weighted by Crippen LogP contribution is -2.04. The molecule has 92 valence electrons. The van der Waals surface area contributed by atoms with Crippen molar-refractivity contribution in [2.45, 2.75) is 19.8 Å². The lowest BCUT2D eigenvalue weighted by atomic mass is 9.98. The van der Waals surface area contributed by atoms with E-state index in [0.717, 1.165) is 5.56 Å². The van der Waals surface area contributed by atoms with E-state index in [4.69, 9.17) is 14.2 Å². The zero-order valence-electron chi connectivity index (χ0n) is 9.94. The zero-order chi connectivity index (χ0) is 12.6. The van der Waals surface area contributed by atoms with Crippen molar-refractivity contribution in [3.63, 3.8) is 0 Å². The number of aryl methyl sites for hydroxylation is 1. The van der Waals surface area contributed by atoms with Crippen LogP contribution in [0.4, 0.5) is 0 Å². The molecular weight excluding hydrogens is 224 g/mol. The average Bonchev–Trinajstić information content (AvgIpc) is 2.66. The molecule has 1 heterocycles. The molecular formula is C12H14O5. The summed E-state index contributed by atoms with van der Waals surface area (Å²) in [6.07, 6.45) is -0.769. The van der Waals surface area contributed by atoms with Gasteiger partial charge in [-0.3, -0.25) is 0 Å². The van der Waals surface area contributed by atoms with Crippen LogP contribution in [0, 0.1) is 6.92 Å². The Morgan fingerprint density at radius 1 is 1.47 bits per heavy atom. The first-order chi connectivity index (χ1) is 8.13. The van der Waals surface area contributed by atoms with Crippen molar-refractivity contribution in [3.8, 4) is 5.75 Å². The molecule has 0 unspecified atom stereocenters. The van der Waals surface area contributed by atoms with E-state index in [-0.39, 0.29) is 6.61 Å². The van der Waals surface area contributed by atoms with Gasteiger partial charge < -0.3 is 19.3 Å². The van der Waals surface area contributed by atoms with Crippen molar-refractivity contribution >= 4 is 5.97 Å².